The van der Waals surface area contributed by atoms with Crippen LogP contribution in [0, 0.1) is 47.3 Å². The van der Waals surface area contributed by atoms with Crippen molar-refractivity contribution in [2.75, 3.05) is 34.5 Å². The summed E-state index contributed by atoms with van der Waals surface area (Å²) < 4.78 is 41.9. The molecule has 0 bridgehead atoms. The third kappa shape index (κ3) is 16.8. The van der Waals surface area contributed by atoms with Crippen molar-refractivity contribution < 1.29 is 66.4 Å². The number of hydrogen-bond acceptors (Lipinski definition) is 17. The first-order chi connectivity index (χ1) is 39.7. The number of methoxy groups -OCH3 is 3. The van der Waals surface area contributed by atoms with Gasteiger partial charge in [-0.1, -0.05) is 107 Å². The van der Waals surface area contributed by atoms with Crippen molar-refractivity contribution in [1.29, 1.82) is 0 Å². The van der Waals surface area contributed by atoms with Crippen molar-refractivity contribution in [1.82, 2.24) is 9.97 Å². The molecule has 10 atom stereocenters. The zero-order valence-corrected chi connectivity index (χ0v) is 60.1. The summed E-state index contributed by atoms with van der Waals surface area (Å²) in [5, 5.41) is 15.1. The number of hydrogen-bond donors (Lipinski definition) is 1. The van der Waals surface area contributed by atoms with Crippen LogP contribution < -0.4 is 9.47 Å². The maximum atomic E-state index is 14.8. The summed E-state index contributed by atoms with van der Waals surface area (Å²) in [6, 6.07) is 10.7. The van der Waals surface area contributed by atoms with Crippen LogP contribution in [0.4, 0.5) is 0 Å². The Kier molecular flexibility index (Phi) is 22.7. The lowest BCUT2D eigenvalue weighted by atomic mass is 9.79. The van der Waals surface area contributed by atoms with Gasteiger partial charge in [-0.05, 0) is 112 Å². The number of benzene rings is 2. The van der Waals surface area contributed by atoms with Crippen LogP contribution in [0.25, 0.3) is 0 Å². The van der Waals surface area contributed by atoms with Gasteiger partial charge in [0.1, 0.15) is 22.7 Å². The molecule has 2 unspecified atom stereocenters. The highest BCUT2D eigenvalue weighted by atomic mass is 32.1. The first-order valence-electron chi connectivity index (χ1n) is 30.0. The van der Waals surface area contributed by atoms with Gasteiger partial charge < -0.3 is 37.6 Å². The van der Waals surface area contributed by atoms with Crippen LogP contribution in [0.2, 0.25) is 36.3 Å². The predicted molar refractivity (Wildman–Crippen MR) is 347 cm³/mol. The van der Waals surface area contributed by atoms with E-state index in [9.17, 15) is 33.9 Å². The van der Waals surface area contributed by atoms with E-state index in [1.165, 1.54) is 29.8 Å². The largest absolute Gasteiger partial charge is 0.496 e. The lowest BCUT2D eigenvalue weighted by Crippen LogP contribution is -2.45. The molecule has 20 heteroatoms. The van der Waals surface area contributed by atoms with E-state index in [4.69, 9.17) is 32.5 Å². The summed E-state index contributed by atoms with van der Waals surface area (Å²) in [4.78, 5) is 93.5. The number of aromatic nitrogens is 2. The van der Waals surface area contributed by atoms with Crippen molar-refractivity contribution in [2.45, 2.75) is 195 Å². The Labute approximate surface area is 528 Å². The zero-order valence-electron chi connectivity index (χ0n) is 56.4. The minimum Gasteiger partial charge on any atom is -0.496 e. The second-order valence-corrected chi connectivity index (χ2v) is 41.9. The van der Waals surface area contributed by atoms with Crippen LogP contribution >= 0.6 is 22.7 Å². The molecule has 0 amide bonds. The standard InChI is InChI=1S/C34H51NO7SSi.C33H49NO7SSi/c1-32(2,3)22-15-14-20(18-23(22)39-10)28(36)26-24(31(38)42-33(4,5)6)21(19-41-44(12,13)34(7,8)9)25(30(37)40-11)27(26)29-35-16-17-43-29;1-31(2,3)21-14-13-19(17-22(21)39-10)27(35)25-24(30(38)41-32(4,5)6)20(18-40-43(11,12)33(7,8)9)23(29(36)37)26(25)28-34-15-16-42-28/h14-18,21,24-27H,19H2,1-13H3;13-17,20,23-26H,18H2,1-12H3,(H,36,37)/t21-,24-,25+,26?,27+;20-,23-,24+,25?,26-/m10/s1. The van der Waals surface area contributed by atoms with Gasteiger partial charge >= 0.3 is 23.9 Å². The van der Waals surface area contributed by atoms with E-state index in [0.29, 0.717) is 32.6 Å². The van der Waals surface area contributed by atoms with Crippen LogP contribution in [-0.4, -0.2) is 113 Å². The third-order valence-corrected chi connectivity index (χ3v) is 28.6. The SMILES string of the molecule is COC(=O)[C@H]1[C@H](CO[Si](C)(C)C(C)(C)C)[C@@H](C(=O)OC(C)(C)C)C(C(=O)c2ccc(C(C)(C)C)c(OC)c2)[C@H]1c1nccs1.COc1cc(C(=O)C2[C@@H](c3nccs3)[C@@H](C(=O)O)[C@H](CO[Si](C)(C)C(C)(C)C)[C@H]2C(=O)OC(C)(C)C)ccc1C(C)(C)C. The number of thiazole rings is 2. The Balaban J connectivity index is 0.000000317. The van der Waals surface area contributed by atoms with Crippen molar-refractivity contribution >= 4 is 74.8 Å². The highest BCUT2D eigenvalue weighted by molar-refractivity contribution is 7.09. The predicted octanol–water partition coefficient (Wildman–Crippen LogP) is 14.8. The molecule has 87 heavy (non-hydrogen) atoms. The van der Waals surface area contributed by atoms with E-state index < -0.39 is 111 Å². The Morgan fingerprint density at radius 1 is 0.494 bits per heavy atom. The van der Waals surface area contributed by atoms with Crippen molar-refractivity contribution in [3.8, 4) is 11.5 Å². The van der Waals surface area contributed by atoms with Gasteiger partial charge in [0.15, 0.2) is 28.2 Å². The van der Waals surface area contributed by atoms with Gasteiger partial charge in [0.25, 0.3) is 0 Å². The molecule has 0 spiro atoms. The average molecular weight is 1280 g/mol. The molecular formula is C67H100N2O14S2Si2. The molecule has 2 fully saturated rings. The van der Waals surface area contributed by atoms with Gasteiger partial charge in [0.2, 0.25) is 0 Å². The zero-order chi connectivity index (χ0) is 66.1. The summed E-state index contributed by atoms with van der Waals surface area (Å²) in [7, 11) is -0.185. The van der Waals surface area contributed by atoms with Crippen LogP contribution in [0.5, 0.6) is 11.5 Å². The fourth-order valence-corrected chi connectivity index (χ4v) is 15.2. The van der Waals surface area contributed by atoms with Crippen molar-refractivity contribution in [2.24, 2.45) is 47.3 Å². The molecule has 0 saturated heterocycles. The number of nitrogens with zero attached hydrogens (tertiary/aromatic N) is 2. The number of rotatable bonds is 18. The van der Waals surface area contributed by atoms with E-state index >= 15 is 0 Å². The minimum atomic E-state index is -2.35. The number of aliphatic carboxylic acids is 1. The molecule has 0 aliphatic heterocycles. The molecule has 2 aliphatic carbocycles. The molecule has 1 N–H and O–H groups in total. The van der Waals surface area contributed by atoms with E-state index in [1.54, 1.807) is 97.8 Å². The van der Waals surface area contributed by atoms with E-state index in [1.807, 2.05) is 17.5 Å². The molecule has 2 saturated carbocycles. The molecule has 2 aliphatic rings. The lowest BCUT2D eigenvalue weighted by Gasteiger charge is -2.38. The number of carbonyl (C=O) groups is 6. The van der Waals surface area contributed by atoms with Crippen molar-refractivity contribution in [3.05, 3.63) is 91.8 Å². The lowest BCUT2D eigenvalue weighted by molar-refractivity contribution is -0.165. The number of ketones is 2. The normalized spacial score (nSPS) is 23.0. The number of Topliss-reactive ketones (excluding diaryl/α,β-unsaturated/α-hetero) is 2. The summed E-state index contributed by atoms with van der Waals surface area (Å²) in [6.45, 7) is 44.4. The molecule has 2 aromatic heterocycles. The van der Waals surface area contributed by atoms with Crippen LogP contribution in [0.3, 0.4) is 0 Å². The van der Waals surface area contributed by atoms with E-state index in [-0.39, 0.29) is 45.7 Å². The first kappa shape index (κ1) is 72.6. The quantitative estimate of drug-likeness (QED) is 0.0424. The Morgan fingerprint density at radius 2 is 0.839 bits per heavy atom. The van der Waals surface area contributed by atoms with Crippen LogP contribution in [0.15, 0.2) is 59.6 Å². The fourth-order valence-electron chi connectivity index (χ4n) is 11.4. The minimum absolute atomic E-state index is 0.0231. The third-order valence-electron chi connectivity index (χ3n) is 17.8. The molecule has 482 valence electrons. The molecular weight excluding hydrogens is 1180 g/mol. The molecule has 2 heterocycles. The Bertz CT molecular complexity index is 3060. The molecule has 2 aromatic carbocycles. The van der Waals surface area contributed by atoms with Gasteiger partial charge in [0.05, 0.1) is 55.0 Å². The summed E-state index contributed by atoms with van der Waals surface area (Å²) in [5.41, 5.74) is 0.523. The van der Waals surface area contributed by atoms with Crippen LogP contribution in [0.1, 0.15) is 178 Å². The highest BCUT2D eigenvalue weighted by Gasteiger charge is 2.63. The maximum absolute atomic E-state index is 14.8. The molecule has 0 radical (unpaired) electrons. The molecule has 6 rings (SSSR count). The Morgan fingerprint density at radius 3 is 1.11 bits per heavy atom. The average Bonchev–Trinajstić information content (AvgIpc) is 1.61. The van der Waals surface area contributed by atoms with E-state index in [2.05, 4.69) is 119 Å². The van der Waals surface area contributed by atoms with Gasteiger partial charge in [0, 0.05) is 83.0 Å². The van der Waals surface area contributed by atoms with Gasteiger partial charge in [-0.2, -0.15) is 0 Å². The summed E-state index contributed by atoms with van der Waals surface area (Å²) >= 11 is 2.65. The van der Waals surface area contributed by atoms with Gasteiger partial charge in [-0.25, -0.2) is 9.97 Å². The maximum Gasteiger partial charge on any atom is 0.310 e. The van der Waals surface area contributed by atoms with Crippen LogP contribution in [-0.2, 0) is 53.1 Å². The number of carbonyl (C=O) groups excluding carboxylic acids is 5. The summed E-state index contributed by atoms with van der Waals surface area (Å²) in [6.07, 6.45) is 3.25. The number of carboxylic acids is 1. The monoisotopic (exact) mass is 1280 g/mol. The molecule has 16 nitrogen and oxygen atoms in total. The number of carboxylic acid groups (broad SMARTS) is 1. The van der Waals surface area contributed by atoms with Gasteiger partial charge in [-0.15, -0.1) is 22.7 Å². The van der Waals surface area contributed by atoms with Crippen molar-refractivity contribution in [3.63, 3.8) is 0 Å². The van der Waals surface area contributed by atoms with Gasteiger partial charge in [-0.3, -0.25) is 28.8 Å². The topological polar surface area (TPSA) is 213 Å². The fraction of sp³-hybridized carbons (Fsp3) is 0.642. The Hall–Kier alpha value is -5.13. The number of esters is 3. The smallest absolute Gasteiger partial charge is 0.310 e. The number of ether oxygens (including phenoxy) is 5. The second-order valence-electron chi connectivity index (χ2n) is 30.4. The second kappa shape index (κ2) is 27.1. The highest BCUT2D eigenvalue weighted by Crippen LogP contribution is 2.57. The molecule has 4 aromatic rings. The van der Waals surface area contributed by atoms with E-state index in [0.717, 1.165) is 11.1 Å². The first-order valence-corrected chi connectivity index (χ1v) is 37.6. The summed E-state index contributed by atoms with van der Waals surface area (Å²) in [5.74, 6) is -11.2.